The Morgan fingerprint density at radius 1 is 1.10 bits per heavy atom. The van der Waals surface area contributed by atoms with Crippen molar-refractivity contribution >= 4 is 56.6 Å². The molecule has 4 aromatic rings. The summed E-state index contributed by atoms with van der Waals surface area (Å²) in [5, 5.41) is 7.86. The first-order valence-corrected chi connectivity index (χ1v) is 13.7. The number of anilines is 1. The van der Waals surface area contributed by atoms with Gasteiger partial charge in [-0.2, -0.15) is 8.42 Å². The molecule has 0 bridgehead atoms. The zero-order valence-corrected chi connectivity index (χ0v) is 23.7. The van der Waals surface area contributed by atoms with Crippen LogP contribution >= 0.6 is 12.4 Å². The van der Waals surface area contributed by atoms with Gasteiger partial charge < -0.3 is 15.0 Å². The summed E-state index contributed by atoms with van der Waals surface area (Å²) in [5.74, 6) is -0.846. The number of Topliss-reactive ketones (excluding diaryl/α,β-unsaturated/α-hetero) is 1. The highest BCUT2D eigenvalue weighted by molar-refractivity contribution is 7.92. The van der Waals surface area contributed by atoms with Crippen LogP contribution < -0.4 is 10.0 Å². The number of halogens is 1. The van der Waals surface area contributed by atoms with Gasteiger partial charge in [0.25, 0.3) is 10.0 Å². The molecule has 12 heteroatoms. The van der Waals surface area contributed by atoms with E-state index in [1.54, 1.807) is 67.2 Å². The van der Waals surface area contributed by atoms with Gasteiger partial charge in [-0.05, 0) is 49.2 Å². The number of nitrogens with two attached hydrogens (primary N) is 1. The van der Waals surface area contributed by atoms with Gasteiger partial charge in [-0.1, -0.05) is 30.3 Å². The fourth-order valence-electron chi connectivity index (χ4n) is 4.25. The summed E-state index contributed by atoms with van der Waals surface area (Å²) in [6.45, 7) is 1.19. The lowest BCUT2D eigenvalue weighted by Gasteiger charge is -2.23. The molecular formula is C28H30ClN5O5S. The van der Waals surface area contributed by atoms with E-state index in [1.165, 1.54) is 12.3 Å². The van der Waals surface area contributed by atoms with Gasteiger partial charge in [0.1, 0.15) is 12.4 Å². The number of nitrogens with zero attached hydrogens (tertiary/aromatic N) is 3. The molecule has 0 saturated carbocycles. The van der Waals surface area contributed by atoms with Crippen molar-refractivity contribution in [2.75, 3.05) is 17.5 Å². The number of rotatable bonds is 11. The van der Waals surface area contributed by atoms with E-state index in [0.29, 0.717) is 22.9 Å². The van der Waals surface area contributed by atoms with E-state index in [1.807, 2.05) is 12.1 Å². The molecule has 2 aromatic carbocycles. The largest absolute Gasteiger partial charge is 0.465 e. The van der Waals surface area contributed by atoms with Gasteiger partial charge in [0, 0.05) is 47.9 Å². The Bertz CT molecular complexity index is 1640. The molecule has 0 amide bonds. The van der Waals surface area contributed by atoms with Gasteiger partial charge >= 0.3 is 5.97 Å². The van der Waals surface area contributed by atoms with Gasteiger partial charge in [-0.15, -0.1) is 12.4 Å². The van der Waals surface area contributed by atoms with Crippen molar-refractivity contribution in [3.63, 3.8) is 0 Å². The molecule has 40 heavy (non-hydrogen) atoms. The molecule has 0 spiro atoms. The lowest BCUT2D eigenvalue weighted by Crippen LogP contribution is -2.37. The van der Waals surface area contributed by atoms with Crippen LogP contribution in [0, 0.1) is 5.41 Å². The number of pyridine rings is 1. The van der Waals surface area contributed by atoms with Crippen molar-refractivity contribution in [1.29, 1.82) is 5.41 Å². The van der Waals surface area contributed by atoms with Crippen molar-refractivity contribution in [3.05, 3.63) is 89.7 Å². The smallest absolute Gasteiger partial charge is 0.326 e. The van der Waals surface area contributed by atoms with Crippen LogP contribution in [0.15, 0.2) is 78.1 Å². The molecule has 0 aliphatic rings. The Balaban J connectivity index is 0.00000441. The number of amidine groups is 1. The molecule has 210 valence electrons. The first-order chi connectivity index (χ1) is 18.6. The van der Waals surface area contributed by atoms with E-state index >= 15 is 0 Å². The lowest BCUT2D eigenvalue weighted by atomic mass is 10.0. The highest BCUT2D eigenvalue weighted by Gasteiger charge is 2.29. The Morgan fingerprint density at radius 2 is 1.82 bits per heavy atom. The molecule has 2 aromatic heterocycles. The van der Waals surface area contributed by atoms with E-state index in [-0.39, 0.29) is 47.8 Å². The molecule has 0 radical (unpaired) electrons. The average Bonchev–Trinajstić information content (AvgIpc) is 3.26. The summed E-state index contributed by atoms with van der Waals surface area (Å²) in [6, 6.07) is 16.6. The topological polar surface area (TPSA) is 148 Å². The number of nitrogen functional groups attached to an aromatic ring is 1. The number of ketones is 1. The SMILES string of the molecule is CCOC(=O)CN(c1ccc2c(c1)c(C(=O)CCc1ccc(C(=N)N)cc1)cn2C)S(=O)(=O)c1ccccn1.Cl. The molecule has 0 saturated heterocycles. The highest BCUT2D eigenvalue weighted by Crippen LogP contribution is 2.30. The van der Waals surface area contributed by atoms with Crippen LogP contribution in [0.4, 0.5) is 5.69 Å². The summed E-state index contributed by atoms with van der Waals surface area (Å²) in [5.41, 5.74) is 8.44. The minimum atomic E-state index is -4.21. The normalized spacial score (nSPS) is 11.1. The number of aryl methyl sites for hydroxylation is 2. The molecule has 0 aliphatic heterocycles. The monoisotopic (exact) mass is 583 g/mol. The molecule has 0 unspecified atom stereocenters. The molecule has 4 rings (SSSR count). The molecule has 0 atom stereocenters. The van der Waals surface area contributed by atoms with Crippen LogP contribution in [0.3, 0.4) is 0 Å². The maximum Gasteiger partial charge on any atom is 0.326 e. The maximum absolute atomic E-state index is 13.5. The standard InChI is InChI=1S/C28H29N5O5S.ClH/c1-3-38-27(35)18-33(39(36,37)26-6-4-5-15-31-26)21-12-13-24-22(16-21)23(17-32(24)2)25(34)14-9-19-7-10-20(11-8-19)28(29)30;/h4-8,10-13,15-17H,3,9,14,18H2,1-2H3,(H3,29,30);1H. The predicted molar refractivity (Wildman–Crippen MR) is 156 cm³/mol. The fourth-order valence-corrected chi connectivity index (χ4v) is 5.59. The van der Waals surface area contributed by atoms with Gasteiger partial charge in [0.05, 0.1) is 12.3 Å². The van der Waals surface area contributed by atoms with Gasteiger partial charge in [-0.25, -0.2) is 4.98 Å². The summed E-state index contributed by atoms with van der Waals surface area (Å²) < 4.78 is 34.8. The fraction of sp³-hybridized carbons (Fsp3) is 0.214. The first kappa shape index (κ1) is 30.3. The lowest BCUT2D eigenvalue weighted by molar-refractivity contribution is -0.141. The third-order valence-corrected chi connectivity index (χ3v) is 7.93. The second kappa shape index (κ2) is 12.8. The zero-order valence-electron chi connectivity index (χ0n) is 22.0. The Labute approximate surface area is 238 Å². The van der Waals surface area contributed by atoms with Gasteiger partial charge in [-0.3, -0.25) is 19.3 Å². The molecule has 10 nitrogen and oxygen atoms in total. The van der Waals surface area contributed by atoms with E-state index < -0.39 is 22.5 Å². The number of carbonyl (C=O) groups is 2. The predicted octanol–water partition coefficient (Wildman–Crippen LogP) is 3.85. The number of hydrogen-bond acceptors (Lipinski definition) is 7. The van der Waals surface area contributed by atoms with E-state index in [0.717, 1.165) is 15.4 Å². The summed E-state index contributed by atoms with van der Waals surface area (Å²) in [6.07, 6.45) is 3.79. The molecule has 2 heterocycles. The third-order valence-electron chi connectivity index (χ3n) is 6.24. The number of ether oxygens (including phenoxy) is 1. The van der Waals surface area contributed by atoms with Crippen molar-refractivity contribution in [2.24, 2.45) is 12.8 Å². The number of benzene rings is 2. The van der Waals surface area contributed by atoms with Crippen LogP contribution in [-0.4, -0.2) is 48.7 Å². The maximum atomic E-state index is 13.5. The molecule has 3 N–H and O–H groups in total. The number of carbonyl (C=O) groups excluding carboxylic acids is 2. The van der Waals surface area contributed by atoms with Gasteiger partial charge in [0.2, 0.25) is 0 Å². The Morgan fingerprint density at radius 3 is 2.45 bits per heavy atom. The second-order valence-corrected chi connectivity index (χ2v) is 10.7. The Kier molecular flexibility index (Phi) is 9.67. The number of fused-ring (bicyclic) bond motifs is 1. The number of sulfonamides is 1. The van der Waals surface area contributed by atoms with Gasteiger partial charge in [0.15, 0.2) is 10.8 Å². The van der Waals surface area contributed by atoms with Crippen LogP contribution in [0.1, 0.15) is 34.8 Å². The molecular weight excluding hydrogens is 554 g/mol. The van der Waals surface area contributed by atoms with Crippen LogP contribution in [0.2, 0.25) is 0 Å². The third kappa shape index (κ3) is 6.49. The number of esters is 1. The van der Waals surface area contributed by atoms with Crippen molar-refractivity contribution in [1.82, 2.24) is 9.55 Å². The van der Waals surface area contributed by atoms with Crippen molar-refractivity contribution in [2.45, 2.75) is 24.8 Å². The quantitative estimate of drug-likeness (QED) is 0.118. The average molecular weight is 584 g/mol. The van der Waals surface area contributed by atoms with Crippen LogP contribution in [-0.2, 0) is 33.0 Å². The van der Waals surface area contributed by atoms with Crippen LogP contribution in [0.5, 0.6) is 0 Å². The van der Waals surface area contributed by atoms with E-state index in [2.05, 4.69) is 4.98 Å². The highest BCUT2D eigenvalue weighted by atomic mass is 35.5. The Hall–Kier alpha value is -4.22. The molecule has 0 fully saturated rings. The van der Waals surface area contributed by atoms with E-state index in [9.17, 15) is 18.0 Å². The van der Waals surface area contributed by atoms with Crippen LogP contribution in [0.25, 0.3) is 10.9 Å². The van der Waals surface area contributed by atoms with E-state index in [4.69, 9.17) is 15.9 Å². The first-order valence-electron chi connectivity index (χ1n) is 12.3. The zero-order chi connectivity index (χ0) is 28.2. The molecule has 0 aliphatic carbocycles. The minimum absolute atomic E-state index is 0. The second-order valence-electron chi connectivity index (χ2n) is 8.87. The minimum Gasteiger partial charge on any atom is -0.465 e. The summed E-state index contributed by atoms with van der Waals surface area (Å²) in [4.78, 5) is 29.7. The number of aromatic nitrogens is 2. The summed E-state index contributed by atoms with van der Waals surface area (Å²) in [7, 11) is -2.41. The van der Waals surface area contributed by atoms with Crippen molar-refractivity contribution in [3.8, 4) is 0 Å². The number of hydrogen-bond donors (Lipinski definition) is 2. The summed E-state index contributed by atoms with van der Waals surface area (Å²) >= 11 is 0. The number of nitrogens with one attached hydrogen (secondary N) is 1. The van der Waals surface area contributed by atoms with Crippen molar-refractivity contribution < 1.29 is 22.7 Å².